The van der Waals surface area contributed by atoms with Crippen molar-refractivity contribution in [2.24, 2.45) is 0 Å². The quantitative estimate of drug-likeness (QED) is 0.407. The van der Waals surface area contributed by atoms with Crippen molar-refractivity contribution in [3.63, 3.8) is 0 Å². The molecule has 39 valence electrons. The zero-order valence-corrected chi connectivity index (χ0v) is 8.20. The zero-order chi connectivity index (χ0) is 4.99. The van der Waals surface area contributed by atoms with E-state index >= 15 is 0 Å². The first-order valence-corrected chi connectivity index (χ1v) is 2.66. The monoisotopic (exact) mass is 128 g/mol. The fourth-order valence-corrected chi connectivity index (χ4v) is 0.600. The molecule has 0 aromatic heterocycles. The third-order valence-corrected chi connectivity index (χ3v) is 0.747. The van der Waals surface area contributed by atoms with Gasteiger partial charge in [0.05, 0.1) is 0 Å². The van der Waals surface area contributed by atoms with Crippen LogP contribution in [-0.2, 0) is 0 Å². The molecular formula is C4H11NNaS. The summed E-state index contributed by atoms with van der Waals surface area (Å²) in [5.74, 6) is 0.951. The maximum Gasteiger partial charge on any atom is 0.00637 e. The van der Waals surface area contributed by atoms with Gasteiger partial charge >= 0.3 is 0 Å². The summed E-state index contributed by atoms with van der Waals surface area (Å²) < 4.78 is 0. The van der Waals surface area contributed by atoms with Gasteiger partial charge in [-0.1, -0.05) is 0 Å². The van der Waals surface area contributed by atoms with Gasteiger partial charge in [0.2, 0.25) is 0 Å². The van der Waals surface area contributed by atoms with E-state index in [1.54, 1.807) is 0 Å². The van der Waals surface area contributed by atoms with E-state index in [1.807, 2.05) is 14.1 Å². The molecule has 0 amide bonds. The van der Waals surface area contributed by atoms with Crippen LogP contribution in [0.1, 0.15) is 0 Å². The molecule has 0 fully saturated rings. The van der Waals surface area contributed by atoms with Crippen LogP contribution in [0.3, 0.4) is 0 Å². The average Bonchev–Trinajstić information content (AvgIpc) is 1.35. The Kier molecular flexibility index (Phi) is 11.6. The third-order valence-electron chi connectivity index (χ3n) is 0.547. The molecule has 7 heavy (non-hydrogen) atoms. The van der Waals surface area contributed by atoms with Crippen LogP contribution in [0.2, 0.25) is 0 Å². The summed E-state index contributed by atoms with van der Waals surface area (Å²) in [5, 5.41) is 0. The minimum atomic E-state index is 0. The molecule has 0 rings (SSSR count). The van der Waals surface area contributed by atoms with E-state index in [9.17, 15) is 0 Å². The largest absolute Gasteiger partial charge is 0.309 e. The molecule has 0 aliphatic rings. The predicted octanol–water partition coefficient (Wildman–Crippen LogP) is 0.0970. The van der Waals surface area contributed by atoms with Crippen molar-refractivity contribution in [3.8, 4) is 0 Å². The maximum absolute atomic E-state index is 4.02. The van der Waals surface area contributed by atoms with Crippen LogP contribution < -0.4 is 0 Å². The van der Waals surface area contributed by atoms with Crippen molar-refractivity contribution in [1.82, 2.24) is 4.90 Å². The van der Waals surface area contributed by atoms with E-state index in [2.05, 4.69) is 17.5 Å². The Hall–Kier alpha value is 1.31. The number of nitrogens with zero attached hydrogens (tertiary/aromatic N) is 1. The molecular weight excluding hydrogens is 117 g/mol. The summed E-state index contributed by atoms with van der Waals surface area (Å²) >= 11 is 4.02. The zero-order valence-electron chi connectivity index (χ0n) is 5.31. The first-order chi connectivity index (χ1) is 2.77. The van der Waals surface area contributed by atoms with Crippen LogP contribution in [0.4, 0.5) is 0 Å². The molecule has 0 bridgehead atoms. The van der Waals surface area contributed by atoms with E-state index in [0.717, 1.165) is 12.3 Å². The SMILES string of the molecule is CN(C)CCS.[Na]. The van der Waals surface area contributed by atoms with Crippen molar-refractivity contribution in [2.75, 3.05) is 26.4 Å². The van der Waals surface area contributed by atoms with Crippen molar-refractivity contribution < 1.29 is 0 Å². The normalized spacial score (nSPS) is 8.57. The second-order valence-electron chi connectivity index (χ2n) is 1.53. The van der Waals surface area contributed by atoms with Crippen LogP contribution in [-0.4, -0.2) is 60.9 Å². The first kappa shape index (κ1) is 11.2. The molecule has 1 radical (unpaired) electrons. The van der Waals surface area contributed by atoms with Gasteiger partial charge in [0.1, 0.15) is 0 Å². The molecule has 0 saturated carbocycles. The summed E-state index contributed by atoms with van der Waals surface area (Å²) in [6.45, 7) is 1.07. The Balaban J connectivity index is 0. The Labute approximate surface area is 73.2 Å². The topological polar surface area (TPSA) is 3.24 Å². The number of thiol groups is 1. The van der Waals surface area contributed by atoms with Gasteiger partial charge in [-0.15, -0.1) is 0 Å². The van der Waals surface area contributed by atoms with Crippen molar-refractivity contribution in [2.45, 2.75) is 0 Å². The minimum absolute atomic E-state index is 0. The van der Waals surface area contributed by atoms with Crippen LogP contribution in [0.15, 0.2) is 0 Å². The molecule has 0 saturated heterocycles. The second-order valence-corrected chi connectivity index (χ2v) is 1.97. The van der Waals surface area contributed by atoms with Gasteiger partial charge < -0.3 is 4.90 Å². The summed E-state index contributed by atoms with van der Waals surface area (Å²) in [7, 11) is 4.08. The fourth-order valence-electron chi connectivity index (χ4n) is 0.200. The van der Waals surface area contributed by atoms with Crippen molar-refractivity contribution in [3.05, 3.63) is 0 Å². The smallest absolute Gasteiger partial charge is 0.00637 e. The standard InChI is InChI=1S/C4H11NS.Na/c1-5(2)3-4-6;/h6H,3-4H2,1-2H3;. The molecule has 0 atom stereocenters. The molecule has 1 nitrogen and oxygen atoms in total. The van der Waals surface area contributed by atoms with Crippen LogP contribution >= 0.6 is 12.6 Å². The van der Waals surface area contributed by atoms with Gasteiger partial charge in [-0.25, -0.2) is 0 Å². The van der Waals surface area contributed by atoms with Gasteiger partial charge in [-0.05, 0) is 14.1 Å². The van der Waals surface area contributed by atoms with Gasteiger partial charge in [0.25, 0.3) is 0 Å². The number of hydrogen-bond donors (Lipinski definition) is 1. The van der Waals surface area contributed by atoms with E-state index in [1.165, 1.54) is 0 Å². The second kappa shape index (κ2) is 7.31. The Bertz CT molecular complexity index is 32.9. The Morgan fingerprint density at radius 2 is 1.86 bits per heavy atom. The van der Waals surface area contributed by atoms with E-state index in [0.29, 0.717) is 0 Å². The maximum atomic E-state index is 4.02. The van der Waals surface area contributed by atoms with Gasteiger partial charge in [0, 0.05) is 41.9 Å². The van der Waals surface area contributed by atoms with E-state index in [-0.39, 0.29) is 29.6 Å². The molecule has 0 N–H and O–H groups in total. The van der Waals surface area contributed by atoms with Gasteiger partial charge in [-0.2, -0.15) is 12.6 Å². The number of hydrogen-bond acceptors (Lipinski definition) is 2. The van der Waals surface area contributed by atoms with Gasteiger partial charge in [-0.3, -0.25) is 0 Å². The van der Waals surface area contributed by atoms with Crippen LogP contribution in [0.5, 0.6) is 0 Å². The Morgan fingerprint density at radius 1 is 1.43 bits per heavy atom. The molecule has 3 heteroatoms. The Morgan fingerprint density at radius 3 is 1.86 bits per heavy atom. The molecule has 0 aromatic carbocycles. The summed E-state index contributed by atoms with van der Waals surface area (Å²) in [4.78, 5) is 2.10. The molecule has 0 aliphatic carbocycles. The summed E-state index contributed by atoms with van der Waals surface area (Å²) in [6, 6.07) is 0. The first-order valence-electron chi connectivity index (χ1n) is 2.03. The average molecular weight is 128 g/mol. The molecule has 0 aliphatic heterocycles. The van der Waals surface area contributed by atoms with Gasteiger partial charge in [0.15, 0.2) is 0 Å². The van der Waals surface area contributed by atoms with E-state index in [4.69, 9.17) is 0 Å². The van der Waals surface area contributed by atoms with Crippen molar-refractivity contribution >= 4 is 42.2 Å². The van der Waals surface area contributed by atoms with E-state index < -0.39 is 0 Å². The molecule has 0 spiro atoms. The number of rotatable bonds is 2. The van der Waals surface area contributed by atoms with Crippen LogP contribution in [0, 0.1) is 0 Å². The predicted molar refractivity (Wildman–Crippen MR) is 38.2 cm³/mol. The van der Waals surface area contributed by atoms with Crippen LogP contribution in [0.25, 0.3) is 0 Å². The summed E-state index contributed by atoms with van der Waals surface area (Å²) in [5.41, 5.74) is 0. The third kappa shape index (κ3) is 11.1. The fraction of sp³-hybridized carbons (Fsp3) is 1.00. The molecule has 0 heterocycles. The van der Waals surface area contributed by atoms with Crippen molar-refractivity contribution in [1.29, 1.82) is 0 Å². The molecule has 0 aromatic rings. The molecule has 0 unspecified atom stereocenters. The minimum Gasteiger partial charge on any atom is -0.309 e. The summed E-state index contributed by atoms with van der Waals surface area (Å²) in [6.07, 6.45) is 0.